The van der Waals surface area contributed by atoms with E-state index in [1.54, 1.807) is 18.2 Å². The molecule has 3 rings (SSSR count). The second kappa shape index (κ2) is 6.11. The lowest BCUT2D eigenvalue weighted by Crippen LogP contribution is -2.41. The molecule has 1 unspecified atom stereocenters. The summed E-state index contributed by atoms with van der Waals surface area (Å²) in [6.07, 6.45) is -0.763. The van der Waals surface area contributed by atoms with Crippen molar-refractivity contribution in [2.75, 3.05) is 18.5 Å². The van der Waals surface area contributed by atoms with Crippen molar-refractivity contribution in [3.05, 3.63) is 24.0 Å². The molecule has 1 aliphatic rings. The number of carbonyl (C=O) groups is 1. The van der Waals surface area contributed by atoms with Gasteiger partial charge in [-0.15, -0.1) is 0 Å². The summed E-state index contributed by atoms with van der Waals surface area (Å²) in [4.78, 5) is 18.3. The second-order valence-electron chi connectivity index (χ2n) is 5.86. The predicted molar refractivity (Wildman–Crippen MR) is 81.7 cm³/mol. The largest absolute Gasteiger partial charge is 0.373 e. The Morgan fingerprint density at radius 1 is 1.52 bits per heavy atom. The molecular weight excluding hydrogens is 306 g/mol. The molecule has 0 aliphatic carbocycles. The molecule has 1 aromatic heterocycles. The van der Waals surface area contributed by atoms with Crippen LogP contribution in [-0.2, 0) is 4.74 Å². The molecular formula is C15H18F2N4O2. The van der Waals surface area contributed by atoms with Gasteiger partial charge in [0.25, 0.3) is 6.43 Å². The fourth-order valence-corrected chi connectivity index (χ4v) is 2.63. The third-order valence-corrected chi connectivity index (χ3v) is 3.89. The lowest BCUT2D eigenvalue weighted by atomic mass is 10.0. The SMILES string of the molecule is CC1(CNC(=O)Nc2ccc3nc(C(F)F)[nH]c3c2)CCCO1. The first-order chi connectivity index (χ1) is 11.0. The average molecular weight is 324 g/mol. The summed E-state index contributed by atoms with van der Waals surface area (Å²) in [5, 5.41) is 5.44. The molecule has 6 nitrogen and oxygen atoms in total. The van der Waals surface area contributed by atoms with E-state index in [1.165, 1.54) is 0 Å². The Bertz CT molecular complexity index is 711. The quantitative estimate of drug-likeness (QED) is 0.808. The highest BCUT2D eigenvalue weighted by molar-refractivity contribution is 5.91. The summed E-state index contributed by atoms with van der Waals surface area (Å²) in [7, 11) is 0. The number of aromatic amines is 1. The molecule has 1 atom stereocenters. The van der Waals surface area contributed by atoms with Crippen molar-refractivity contribution in [1.82, 2.24) is 15.3 Å². The van der Waals surface area contributed by atoms with Gasteiger partial charge >= 0.3 is 6.03 Å². The van der Waals surface area contributed by atoms with Crippen LogP contribution in [0, 0.1) is 0 Å². The van der Waals surface area contributed by atoms with Crippen molar-refractivity contribution in [3.8, 4) is 0 Å². The lowest BCUT2D eigenvalue weighted by Gasteiger charge is -2.23. The number of nitrogens with one attached hydrogen (secondary N) is 3. The summed E-state index contributed by atoms with van der Waals surface area (Å²) in [5.41, 5.74) is 1.05. The highest BCUT2D eigenvalue weighted by Gasteiger charge is 2.30. The number of hydrogen-bond acceptors (Lipinski definition) is 3. The number of halogens is 2. The van der Waals surface area contributed by atoms with E-state index in [9.17, 15) is 13.6 Å². The monoisotopic (exact) mass is 324 g/mol. The molecule has 8 heteroatoms. The second-order valence-corrected chi connectivity index (χ2v) is 5.86. The van der Waals surface area contributed by atoms with Crippen molar-refractivity contribution >= 4 is 22.8 Å². The zero-order valence-corrected chi connectivity index (χ0v) is 12.7. The summed E-state index contributed by atoms with van der Waals surface area (Å²) < 4.78 is 30.8. The molecule has 124 valence electrons. The first-order valence-electron chi connectivity index (χ1n) is 7.42. The Hall–Kier alpha value is -2.22. The fourth-order valence-electron chi connectivity index (χ4n) is 2.63. The normalized spacial score (nSPS) is 21.0. The van der Waals surface area contributed by atoms with Gasteiger partial charge in [-0.2, -0.15) is 0 Å². The van der Waals surface area contributed by atoms with Gasteiger partial charge in [0.15, 0.2) is 5.82 Å². The van der Waals surface area contributed by atoms with Gasteiger partial charge in [0.2, 0.25) is 0 Å². The minimum Gasteiger partial charge on any atom is -0.373 e. The van der Waals surface area contributed by atoms with Crippen LogP contribution in [0.5, 0.6) is 0 Å². The molecule has 0 saturated carbocycles. The number of imidazole rings is 1. The third kappa shape index (κ3) is 3.58. The van der Waals surface area contributed by atoms with Crippen LogP contribution in [-0.4, -0.2) is 34.8 Å². The van der Waals surface area contributed by atoms with E-state index < -0.39 is 6.43 Å². The van der Waals surface area contributed by atoms with Crippen LogP contribution in [0.1, 0.15) is 32.0 Å². The van der Waals surface area contributed by atoms with E-state index in [-0.39, 0.29) is 17.5 Å². The van der Waals surface area contributed by atoms with Gasteiger partial charge in [-0.1, -0.05) is 0 Å². The van der Waals surface area contributed by atoms with Crippen molar-refractivity contribution in [3.63, 3.8) is 0 Å². The number of benzene rings is 1. The van der Waals surface area contributed by atoms with Crippen LogP contribution >= 0.6 is 0 Å². The van der Waals surface area contributed by atoms with Crippen LogP contribution in [0.25, 0.3) is 11.0 Å². The number of ether oxygens (including phenoxy) is 1. The van der Waals surface area contributed by atoms with Gasteiger partial charge in [-0.25, -0.2) is 18.6 Å². The molecule has 1 aromatic carbocycles. The minimum absolute atomic E-state index is 0.323. The van der Waals surface area contributed by atoms with E-state index in [2.05, 4.69) is 20.6 Å². The van der Waals surface area contributed by atoms with Crippen LogP contribution in [0.15, 0.2) is 18.2 Å². The Morgan fingerprint density at radius 3 is 3.04 bits per heavy atom. The standard InChI is InChI=1S/C15H18F2N4O2/c1-15(5-2-6-23-15)8-18-14(22)19-9-3-4-10-11(7-9)21-13(20-10)12(16)17/h3-4,7,12H,2,5-6,8H2,1H3,(H,20,21)(H2,18,19,22). The van der Waals surface area contributed by atoms with E-state index >= 15 is 0 Å². The van der Waals surface area contributed by atoms with Gasteiger partial charge in [-0.05, 0) is 38.0 Å². The fraction of sp³-hybridized carbons (Fsp3) is 0.467. The van der Waals surface area contributed by atoms with Gasteiger partial charge in [-0.3, -0.25) is 0 Å². The maximum absolute atomic E-state index is 12.6. The maximum Gasteiger partial charge on any atom is 0.319 e. The Kier molecular flexibility index (Phi) is 4.16. The number of H-pyrrole nitrogens is 1. The third-order valence-electron chi connectivity index (χ3n) is 3.89. The highest BCUT2D eigenvalue weighted by Crippen LogP contribution is 2.24. The molecule has 0 radical (unpaired) electrons. The highest BCUT2D eigenvalue weighted by atomic mass is 19.3. The molecule has 2 aromatic rings. The average Bonchev–Trinajstić information content (AvgIpc) is 3.12. The number of nitrogens with zero attached hydrogens (tertiary/aromatic N) is 1. The Balaban J connectivity index is 1.62. The van der Waals surface area contributed by atoms with Crippen molar-refractivity contribution in [2.24, 2.45) is 0 Å². The van der Waals surface area contributed by atoms with E-state index in [0.717, 1.165) is 12.8 Å². The molecule has 3 N–H and O–H groups in total. The summed E-state index contributed by atoms with van der Waals surface area (Å²) in [5.74, 6) is -0.382. The van der Waals surface area contributed by atoms with E-state index in [1.807, 2.05) is 6.92 Å². The molecule has 23 heavy (non-hydrogen) atoms. The van der Waals surface area contributed by atoms with E-state index in [4.69, 9.17) is 4.74 Å². The topological polar surface area (TPSA) is 79.0 Å². The zero-order chi connectivity index (χ0) is 16.4. The first-order valence-corrected chi connectivity index (χ1v) is 7.42. The number of alkyl halides is 2. The summed E-state index contributed by atoms with van der Waals surface area (Å²) in [6.45, 7) is 3.09. The van der Waals surface area contributed by atoms with Crippen LogP contribution in [0.4, 0.5) is 19.3 Å². The molecule has 1 fully saturated rings. The van der Waals surface area contributed by atoms with Crippen molar-refractivity contribution in [1.29, 1.82) is 0 Å². The maximum atomic E-state index is 12.6. The Labute approximate surface area is 131 Å². The van der Waals surface area contributed by atoms with Gasteiger partial charge < -0.3 is 20.4 Å². The first kappa shape index (κ1) is 15.7. The number of anilines is 1. The smallest absolute Gasteiger partial charge is 0.319 e. The van der Waals surface area contributed by atoms with Gasteiger partial charge in [0.1, 0.15) is 0 Å². The summed E-state index contributed by atoms with van der Waals surface area (Å²) >= 11 is 0. The number of hydrogen-bond donors (Lipinski definition) is 3. The summed E-state index contributed by atoms with van der Waals surface area (Å²) in [6, 6.07) is 4.40. The van der Waals surface area contributed by atoms with Crippen LogP contribution < -0.4 is 10.6 Å². The molecule has 0 spiro atoms. The Morgan fingerprint density at radius 2 is 2.35 bits per heavy atom. The number of urea groups is 1. The minimum atomic E-state index is -2.66. The zero-order valence-electron chi connectivity index (χ0n) is 12.7. The predicted octanol–water partition coefficient (Wildman–Crippen LogP) is 3.19. The number of aromatic nitrogens is 2. The molecule has 1 aliphatic heterocycles. The lowest BCUT2D eigenvalue weighted by molar-refractivity contribution is 0.0232. The number of rotatable bonds is 4. The van der Waals surface area contributed by atoms with Gasteiger partial charge in [0.05, 0.1) is 16.6 Å². The van der Waals surface area contributed by atoms with Crippen LogP contribution in [0.3, 0.4) is 0 Å². The number of fused-ring (bicyclic) bond motifs is 1. The van der Waals surface area contributed by atoms with Crippen molar-refractivity contribution < 1.29 is 18.3 Å². The van der Waals surface area contributed by atoms with E-state index in [0.29, 0.717) is 29.9 Å². The molecule has 0 bridgehead atoms. The number of carbonyl (C=O) groups excluding carboxylic acids is 1. The van der Waals surface area contributed by atoms with Crippen LogP contribution in [0.2, 0.25) is 0 Å². The van der Waals surface area contributed by atoms with Crippen molar-refractivity contribution in [2.45, 2.75) is 31.8 Å². The number of amides is 2. The molecule has 1 saturated heterocycles. The van der Waals surface area contributed by atoms with Gasteiger partial charge in [0, 0.05) is 18.8 Å². The molecule has 2 amide bonds. The molecule has 2 heterocycles.